The molecular formula is C21H23ClN6O3S. The highest BCUT2D eigenvalue weighted by Gasteiger charge is 2.22. The van der Waals surface area contributed by atoms with E-state index in [9.17, 15) is 14.9 Å². The van der Waals surface area contributed by atoms with E-state index in [1.54, 1.807) is 25.1 Å². The Hall–Kier alpha value is -2.95. The number of carbonyl (C=O) groups is 1. The lowest BCUT2D eigenvalue weighted by atomic mass is 10.2. The Labute approximate surface area is 194 Å². The molecule has 9 nitrogen and oxygen atoms in total. The molecule has 0 saturated carbocycles. The van der Waals surface area contributed by atoms with Crippen LogP contribution in [0.25, 0.3) is 5.69 Å². The number of benzene rings is 2. The number of nitrogens with zero attached hydrogens (tertiary/aromatic N) is 5. The van der Waals surface area contributed by atoms with E-state index in [-0.39, 0.29) is 29.1 Å². The van der Waals surface area contributed by atoms with Gasteiger partial charge in [-0.25, -0.2) is 0 Å². The number of halogens is 1. The van der Waals surface area contributed by atoms with Crippen molar-refractivity contribution in [2.24, 2.45) is 0 Å². The molecule has 1 aromatic heterocycles. The first kappa shape index (κ1) is 23.7. The number of carbonyl (C=O) groups excluding carboxylic acids is 1. The van der Waals surface area contributed by atoms with Gasteiger partial charge in [0.05, 0.1) is 16.7 Å². The first-order chi connectivity index (χ1) is 15.2. The number of hydrogen-bond acceptors (Lipinski definition) is 7. The monoisotopic (exact) mass is 474 g/mol. The molecule has 32 heavy (non-hydrogen) atoms. The predicted molar refractivity (Wildman–Crippen MR) is 126 cm³/mol. The summed E-state index contributed by atoms with van der Waals surface area (Å²) in [6.45, 7) is 3.76. The highest BCUT2D eigenvalue weighted by atomic mass is 35.5. The minimum Gasteiger partial charge on any atom is -0.320 e. The Morgan fingerprint density at radius 2 is 1.94 bits per heavy atom. The number of aromatic nitrogens is 3. The van der Waals surface area contributed by atoms with E-state index >= 15 is 0 Å². The summed E-state index contributed by atoms with van der Waals surface area (Å²) in [7, 11) is 3.89. The minimum atomic E-state index is -0.512. The first-order valence-corrected chi connectivity index (χ1v) is 11.1. The molecule has 0 spiro atoms. The van der Waals surface area contributed by atoms with Crippen LogP contribution < -0.4 is 5.32 Å². The highest BCUT2D eigenvalue weighted by molar-refractivity contribution is 7.99. The molecule has 1 heterocycles. The Morgan fingerprint density at radius 1 is 1.25 bits per heavy atom. The SMILES string of the molecule is Cc1ccc(NC(=O)CSc2nnc(C(C)N(C)C)n2-c2ccc(Cl)cc2)c([N+](=O)[O-])c1. The zero-order chi connectivity index (χ0) is 23.4. The van der Waals surface area contributed by atoms with Crippen LogP contribution in [0.4, 0.5) is 11.4 Å². The van der Waals surface area contributed by atoms with Gasteiger partial charge >= 0.3 is 0 Å². The maximum Gasteiger partial charge on any atom is 0.293 e. The predicted octanol–water partition coefficient (Wildman–Crippen LogP) is 4.49. The smallest absolute Gasteiger partial charge is 0.293 e. The molecule has 1 amide bonds. The van der Waals surface area contributed by atoms with Gasteiger partial charge in [0.25, 0.3) is 5.69 Å². The Kier molecular flexibility index (Phi) is 7.49. The molecule has 11 heteroatoms. The summed E-state index contributed by atoms with van der Waals surface area (Å²) in [5.41, 5.74) is 1.57. The third-order valence-electron chi connectivity index (χ3n) is 4.85. The van der Waals surface area contributed by atoms with Gasteiger partial charge in [0.2, 0.25) is 5.91 Å². The molecule has 0 radical (unpaired) electrons. The lowest BCUT2D eigenvalue weighted by molar-refractivity contribution is -0.384. The van der Waals surface area contributed by atoms with Crippen molar-refractivity contribution in [3.05, 3.63) is 69.0 Å². The summed E-state index contributed by atoms with van der Waals surface area (Å²) in [5.74, 6) is 0.344. The van der Waals surface area contributed by atoms with Crippen molar-refractivity contribution < 1.29 is 9.72 Å². The van der Waals surface area contributed by atoms with Crippen molar-refractivity contribution in [1.29, 1.82) is 0 Å². The topological polar surface area (TPSA) is 106 Å². The van der Waals surface area contributed by atoms with Crippen LogP contribution in [-0.4, -0.2) is 50.3 Å². The molecule has 3 rings (SSSR count). The van der Waals surface area contributed by atoms with Crippen LogP contribution >= 0.6 is 23.4 Å². The summed E-state index contributed by atoms with van der Waals surface area (Å²) in [6.07, 6.45) is 0. The van der Waals surface area contributed by atoms with Crippen LogP contribution in [0.2, 0.25) is 5.02 Å². The first-order valence-electron chi connectivity index (χ1n) is 9.72. The van der Waals surface area contributed by atoms with Gasteiger partial charge in [-0.3, -0.25) is 24.4 Å². The number of anilines is 1. The van der Waals surface area contributed by atoms with Crippen molar-refractivity contribution in [2.75, 3.05) is 25.2 Å². The third-order valence-corrected chi connectivity index (χ3v) is 6.03. The third kappa shape index (κ3) is 5.45. The van der Waals surface area contributed by atoms with E-state index in [0.29, 0.717) is 10.2 Å². The van der Waals surface area contributed by atoms with Gasteiger partial charge < -0.3 is 5.32 Å². The van der Waals surface area contributed by atoms with E-state index in [1.165, 1.54) is 23.9 Å². The van der Waals surface area contributed by atoms with Gasteiger partial charge in [0.15, 0.2) is 11.0 Å². The fraction of sp³-hybridized carbons (Fsp3) is 0.286. The van der Waals surface area contributed by atoms with Gasteiger partial charge in [0, 0.05) is 16.8 Å². The number of hydrogen-bond donors (Lipinski definition) is 1. The Bertz CT molecular complexity index is 1130. The second kappa shape index (κ2) is 10.1. The minimum absolute atomic E-state index is 0.00704. The van der Waals surface area contributed by atoms with E-state index in [0.717, 1.165) is 17.1 Å². The van der Waals surface area contributed by atoms with Gasteiger partial charge in [-0.15, -0.1) is 10.2 Å². The summed E-state index contributed by atoms with van der Waals surface area (Å²) >= 11 is 7.23. The lowest BCUT2D eigenvalue weighted by Crippen LogP contribution is -2.21. The number of thioether (sulfide) groups is 1. The van der Waals surface area contributed by atoms with Crippen molar-refractivity contribution in [3.63, 3.8) is 0 Å². The number of nitro benzene ring substituents is 1. The van der Waals surface area contributed by atoms with Crippen LogP contribution in [-0.2, 0) is 4.79 Å². The molecule has 1 atom stereocenters. The zero-order valence-electron chi connectivity index (χ0n) is 18.1. The van der Waals surface area contributed by atoms with Gasteiger partial charge in [-0.1, -0.05) is 29.4 Å². The molecule has 1 N–H and O–H groups in total. The standard InChI is InChI=1S/C21H23ClN6O3S/c1-13-5-10-17(18(11-13)28(30)31)23-19(29)12-32-21-25-24-20(14(2)26(3)4)27(21)16-8-6-15(22)7-9-16/h5-11,14H,12H2,1-4H3,(H,23,29). The van der Waals surface area contributed by atoms with E-state index in [1.807, 2.05) is 42.6 Å². The summed E-state index contributed by atoms with van der Waals surface area (Å²) in [5, 5.41) is 23.7. The molecule has 0 aliphatic carbocycles. The number of nitro groups is 1. The quantitative estimate of drug-likeness (QED) is 0.291. The largest absolute Gasteiger partial charge is 0.320 e. The highest BCUT2D eigenvalue weighted by Crippen LogP contribution is 2.29. The molecule has 3 aromatic rings. The summed E-state index contributed by atoms with van der Waals surface area (Å²) in [4.78, 5) is 25.3. The Morgan fingerprint density at radius 3 is 2.56 bits per heavy atom. The molecule has 2 aromatic carbocycles. The molecule has 168 valence electrons. The van der Waals surface area contributed by atoms with Gasteiger partial charge in [0.1, 0.15) is 5.69 Å². The fourth-order valence-electron chi connectivity index (χ4n) is 2.92. The molecule has 0 bridgehead atoms. The normalized spacial score (nSPS) is 12.1. The van der Waals surface area contributed by atoms with Crippen molar-refractivity contribution >= 4 is 40.6 Å². The molecular weight excluding hydrogens is 452 g/mol. The number of aryl methyl sites for hydroxylation is 1. The van der Waals surface area contributed by atoms with Crippen LogP contribution in [0, 0.1) is 17.0 Å². The molecule has 0 aliphatic rings. The van der Waals surface area contributed by atoms with Crippen LogP contribution in [0.5, 0.6) is 0 Å². The lowest BCUT2D eigenvalue weighted by Gasteiger charge is -2.20. The molecule has 0 aliphatic heterocycles. The van der Waals surface area contributed by atoms with E-state index in [4.69, 9.17) is 11.6 Å². The maximum atomic E-state index is 12.5. The zero-order valence-corrected chi connectivity index (χ0v) is 19.6. The van der Waals surface area contributed by atoms with Crippen LogP contribution in [0.15, 0.2) is 47.6 Å². The molecule has 1 unspecified atom stereocenters. The average Bonchev–Trinajstić information content (AvgIpc) is 3.17. The molecule has 0 fully saturated rings. The average molecular weight is 475 g/mol. The Balaban J connectivity index is 1.83. The van der Waals surface area contributed by atoms with E-state index in [2.05, 4.69) is 15.5 Å². The van der Waals surface area contributed by atoms with Crippen molar-refractivity contribution in [1.82, 2.24) is 19.7 Å². The second-order valence-electron chi connectivity index (χ2n) is 7.41. The van der Waals surface area contributed by atoms with E-state index < -0.39 is 4.92 Å². The fourth-order valence-corrected chi connectivity index (χ4v) is 3.81. The second-order valence-corrected chi connectivity index (χ2v) is 8.79. The van der Waals surface area contributed by atoms with Crippen LogP contribution in [0.3, 0.4) is 0 Å². The van der Waals surface area contributed by atoms with Crippen LogP contribution in [0.1, 0.15) is 24.4 Å². The number of nitrogens with one attached hydrogen (secondary N) is 1. The molecule has 0 saturated heterocycles. The van der Waals surface area contributed by atoms with Gasteiger partial charge in [-0.2, -0.15) is 0 Å². The number of rotatable bonds is 8. The van der Waals surface area contributed by atoms with Crippen molar-refractivity contribution in [2.45, 2.75) is 25.0 Å². The van der Waals surface area contributed by atoms with Crippen molar-refractivity contribution in [3.8, 4) is 5.69 Å². The summed E-state index contributed by atoms with van der Waals surface area (Å²) < 4.78 is 1.88. The number of amides is 1. The maximum absolute atomic E-state index is 12.5. The summed E-state index contributed by atoms with van der Waals surface area (Å²) in [6, 6.07) is 11.9. The van der Waals surface area contributed by atoms with Gasteiger partial charge in [-0.05, 0) is 63.8 Å².